The maximum atomic E-state index is 13.8. The molecule has 3 amide bonds. The lowest BCUT2D eigenvalue weighted by Gasteiger charge is -2.39. The normalized spacial score (nSPS) is 21.2. The van der Waals surface area contributed by atoms with Crippen LogP contribution in [0, 0.1) is 18.7 Å². The molecule has 2 aromatic carbocycles. The van der Waals surface area contributed by atoms with Crippen LogP contribution in [0.1, 0.15) is 48.4 Å². The Hall–Kier alpha value is -2.89. The van der Waals surface area contributed by atoms with Crippen molar-refractivity contribution in [2.45, 2.75) is 51.2 Å². The minimum absolute atomic E-state index is 0.0343. The lowest BCUT2D eigenvalue weighted by molar-refractivity contribution is -0.126. The van der Waals surface area contributed by atoms with Crippen LogP contribution in [-0.2, 0) is 11.3 Å². The van der Waals surface area contributed by atoms with E-state index < -0.39 is 0 Å². The summed E-state index contributed by atoms with van der Waals surface area (Å²) in [5.41, 5.74) is 2.48. The van der Waals surface area contributed by atoms with Crippen LogP contribution in [0.3, 0.4) is 0 Å². The topological polar surface area (TPSA) is 61.4 Å². The highest BCUT2D eigenvalue weighted by Gasteiger charge is 2.37. The van der Waals surface area contributed by atoms with Gasteiger partial charge in [0.05, 0.1) is 12.0 Å². The Morgan fingerprint density at radius 1 is 1.07 bits per heavy atom. The number of urea groups is 1. The fraction of sp³-hybridized carbons (Fsp3) is 0.417. The molecule has 0 unspecified atom stereocenters. The van der Waals surface area contributed by atoms with Crippen LogP contribution >= 0.6 is 0 Å². The van der Waals surface area contributed by atoms with Crippen LogP contribution in [0.25, 0.3) is 0 Å². The van der Waals surface area contributed by atoms with Gasteiger partial charge in [-0.25, -0.2) is 9.18 Å². The number of nitrogens with one attached hydrogen (secondary N) is 2. The number of nitrogens with zero attached hydrogens (tertiary/aromatic N) is 1. The molecule has 1 aliphatic heterocycles. The predicted molar refractivity (Wildman–Crippen MR) is 113 cm³/mol. The van der Waals surface area contributed by atoms with Crippen molar-refractivity contribution in [2.75, 3.05) is 6.54 Å². The Labute approximate surface area is 176 Å². The molecule has 2 aliphatic rings. The van der Waals surface area contributed by atoms with Crippen LogP contribution in [-0.4, -0.2) is 29.4 Å². The number of carbonyl (C=O) groups is 2. The van der Waals surface area contributed by atoms with Crippen molar-refractivity contribution in [3.8, 4) is 0 Å². The van der Waals surface area contributed by atoms with E-state index in [0.717, 1.165) is 24.0 Å². The molecule has 1 heterocycles. The average Bonchev–Trinajstić information content (AvgIpc) is 3.58. The van der Waals surface area contributed by atoms with Gasteiger partial charge in [-0.05, 0) is 55.4 Å². The Bertz CT molecular complexity index is 914. The third-order valence-electron chi connectivity index (χ3n) is 5.99. The Kier molecular flexibility index (Phi) is 6.02. The molecule has 2 fully saturated rings. The van der Waals surface area contributed by atoms with E-state index in [1.54, 1.807) is 17.9 Å². The molecule has 0 radical (unpaired) electrons. The smallest absolute Gasteiger partial charge is 0.318 e. The Morgan fingerprint density at radius 3 is 2.53 bits per heavy atom. The molecule has 1 saturated carbocycles. The maximum Gasteiger partial charge on any atom is 0.318 e. The molecule has 158 valence electrons. The molecule has 2 N–H and O–H groups in total. The molecular weight excluding hydrogens is 381 g/mol. The van der Waals surface area contributed by atoms with Crippen LogP contribution in [0.5, 0.6) is 0 Å². The summed E-state index contributed by atoms with van der Waals surface area (Å²) in [4.78, 5) is 27.5. The summed E-state index contributed by atoms with van der Waals surface area (Å²) in [5.74, 6) is -0.436. The highest BCUT2D eigenvalue weighted by atomic mass is 19.1. The first kappa shape index (κ1) is 20.4. The third-order valence-corrected chi connectivity index (χ3v) is 5.99. The van der Waals surface area contributed by atoms with Gasteiger partial charge in [-0.15, -0.1) is 0 Å². The number of hydrogen-bond donors (Lipinski definition) is 2. The van der Waals surface area contributed by atoms with Crippen molar-refractivity contribution in [1.29, 1.82) is 0 Å². The van der Waals surface area contributed by atoms with Crippen molar-refractivity contribution in [3.05, 3.63) is 71.0 Å². The molecule has 30 heavy (non-hydrogen) atoms. The van der Waals surface area contributed by atoms with Gasteiger partial charge in [0.25, 0.3) is 0 Å². The second-order valence-corrected chi connectivity index (χ2v) is 8.38. The quantitative estimate of drug-likeness (QED) is 0.782. The van der Waals surface area contributed by atoms with Gasteiger partial charge >= 0.3 is 6.03 Å². The van der Waals surface area contributed by atoms with Gasteiger partial charge < -0.3 is 15.5 Å². The first-order valence-corrected chi connectivity index (χ1v) is 10.7. The van der Waals surface area contributed by atoms with Gasteiger partial charge in [0.15, 0.2) is 0 Å². The SMILES string of the molecule is Cc1cc([C@@H]2CC[C@@H](C(=O)NC3CC3)CN2C(=O)NCc2ccccc2)ccc1F. The molecule has 0 spiro atoms. The number of hydrogen-bond acceptors (Lipinski definition) is 2. The number of carbonyl (C=O) groups excluding carboxylic acids is 2. The average molecular weight is 410 g/mol. The largest absolute Gasteiger partial charge is 0.353 e. The molecule has 6 heteroatoms. The zero-order valence-electron chi connectivity index (χ0n) is 17.2. The zero-order valence-corrected chi connectivity index (χ0v) is 17.2. The van der Waals surface area contributed by atoms with Crippen molar-refractivity contribution in [3.63, 3.8) is 0 Å². The van der Waals surface area contributed by atoms with E-state index in [1.165, 1.54) is 6.07 Å². The molecule has 2 atom stereocenters. The summed E-state index contributed by atoms with van der Waals surface area (Å²) >= 11 is 0. The highest BCUT2D eigenvalue weighted by molar-refractivity contribution is 5.81. The molecule has 5 nitrogen and oxygen atoms in total. The summed E-state index contributed by atoms with van der Waals surface area (Å²) < 4.78 is 13.8. The van der Waals surface area contributed by atoms with E-state index in [-0.39, 0.29) is 29.7 Å². The molecular formula is C24H28FN3O2. The predicted octanol–water partition coefficient (Wildman–Crippen LogP) is 4.08. The monoisotopic (exact) mass is 409 g/mol. The summed E-state index contributed by atoms with van der Waals surface area (Å²) in [6, 6.07) is 14.7. The van der Waals surface area contributed by atoms with E-state index in [2.05, 4.69) is 10.6 Å². The van der Waals surface area contributed by atoms with Gasteiger partial charge in [-0.3, -0.25) is 4.79 Å². The number of amides is 3. The fourth-order valence-electron chi connectivity index (χ4n) is 4.05. The highest BCUT2D eigenvalue weighted by Crippen LogP contribution is 2.35. The van der Waals surface area contributed by atoms with Crippen LogP contribution < -0.4 is 10.6 Å². The number of rotatable bonds is 5. The van der Waals surface area contributed by atoms with Gasteiger partial charge in [0.2, 0.25) is 5.91 Å². The van der Waals surface area contributed by atoms with Crippen molar-refractivity contribution >= 4 is 11.9 Å². The summed E-state index contributed by atoms with van der Waals surface area (Å²) in [6.07, 6.45) is 3.46. The maximum absolute atomic E-state index is 13.8. The molecule has 0 bridgehead atoms. The van der Waals surface area contributed by atoms with Crippen LogP contribution in [0.4, 0.5) is 9.18 Å². The van der Waals surface area contributed by atoms with E-state index in [9.17, 15) is 14.0 Å². The Morgan fingerprint density at radius 2 is 1.83 bits per heavy atom. The van der Waals surface area contributed by atoms with E-state index in [0.29, 0.717) is 37.5 Å². The number of aryl methyl sites for hydroxylation is 1. The van der Waals surface area contributed by atoms with Crippen molar-refractivity contribution < 1.29 is 14.0 Å². The van der Waals surface area contributed by atoms with Gasteiger partial charge in [-0.2, -0.15) is 0 Å². The van der Waals surface area contributed by atoms with E-state index >= 15 is 0 Å². The van der Waals surface area contributed by atoms with Gasteiger partial charge in [0, 0.05) is 19.1 Å². The zero-order chi connectivity index (χ0) is 21.1. The molecule has 1 saturated heterocycles. The van der Waals surface area contributed by atoms with Crippen LogP contribution in [0.15, 0.2) is 48.5 Å². The van der Waals surface area contributed by atoms with Gasteiger partial charge in [-0.1, -0.05) is 42.5 Å². The molecule has 0 aromatic heterocycles. The first-order chi connectivity index (χ1) is 14.5. The molecule has 2 aromatic rings. The standard InChI is InChI=1S/C24H28FN3O2/c1-16-13-18(7-11-21(16)25)22-12-8-19(23(29)27-20-9-10-20)15-28(22)24(30)26-14-17-5-3-2-4-6-17/h2-7,11,13,19-20,22H,8-10,12,14-15H2,1H3,(H,26,30)(H,27,29)/t19-,22+/m1/s1. The minimum Gasteiger partial charge on any atom is -0.353 e. The number of piperidine rings is 1. The lowest BCUT2D eigenvalue weighted by atomic mass is 9.88. The lowest BCUT2D eigenvalue weighted by Crippen LogP contribution is -2.50. The molecule has 4 rings (SSSR count). The van der Waals surface area contributed by atoms with Crippen molar-refractivity contribution in [2.24, 2.45) is 5.92 Å². The second kappa shape index (κ2) is 8.86. The van der Waals surface area contributed by atoms with Crippen molar-refractivity contribution in [1.82, 2.24) is 15.5 Å². The number of halogens is 1. The third kappa shape index (κ3) is 4.81. The number of likely N-dealkylation sites (tertiary alicyclic amines) is 1. The van der Waals surface area contributed by atoms with Gasteiger partial charge in [0.1, 0.15) is 5.82 Å². The van der Waals surface area contributed by atoms with E-state index in [1.807, 2.05) is 36.4 Å². The van der Waals surface area contributed by atoms with Crippen LogP contribution in [0.2, 0.25) is 0 Å². The summed E-state index contributed by atoms with van der Waals surface area (Å²) in [7, 11) is 0. The van der Waals surface area contributed by atoms with E-state index in [4.69, 9.17) is 0 Å². The summed E-state index contributed by atoms with van der Waals surface area (Å²) in [5, 5.41) is 6.05. The Balaban J connectivity index is 1.51. The second-order valence-electron chi connectivity index (χ2n) is 8.38. The summed E-state index contributed by atoms with van der Waals surface area (Å²) in [6.45, 7) is 2.51. The fourth-order valence-corrected chi connectivity index (χ4v) is 4.05. The molecule has 1 aliphatic carbocycles. The minimum atomic E-state index is -0.253. The number of benzene rings is 2. The first-order valence-electron chi connectivity index (χ1n) is 10.7.